The zero-order valence-corrected chi connectivity index (χ0v) is 13.2. The van der Waals surface area contributed by atoms with Crippen LogP contribution in [0.5, 0.6) is 0 Å². The molecule has 0 heterocycles. The predicted molar refractivity (Wildman–Crippen MR) is 79.4 cm³/mol. The molecule has 1 aliphatic rings. The van der Waals surface area contributed by atoms with E-state index in [1.54, 1.807) is 6.07 Å². The molecular weight excluding hydrogens is 321 g/mol. The molecule has 2 rings (SSSR count). The summed E-state index contributed by atoms with van der Waals surface area (Å²) in [5.41, 5.74) is -0.149. The third kappa shape index (κ3) is 2.89. The van der Waals surface area contributed by atoms with Crippen LogP contribution in [-0.4, -0.2) is 5.11 Å². The van der Waals surface area contributed by atoms with Crippen molar-refractivity contribution in [2.24, 2.45) is 11.3 Å². The molecule has 0 saturated heterocycles. The number of hydrogen-bond donors (Lipinski definition) is 1. The lowest BCUT2D eigenvalue weighted by atomic mass is 9.65. The van der Waals surface area contributed by atoms with Crippen LogP contribution in [-0.2, 0) is 0 Å². The first-order chi connectivity index (χ1) is 9.52. The van der Waals surface area contributed by atoms with Gasteiger partial charge in [-0.05, 0) is 36.5 Å². The van der Waals surface area contributed by atoms with Crippen LogP contribution in [0, 0.1) is 28.5 Å². The fourth-order valence-electron chi connectivity index (χ4n) is 3.21. The molecule has 1 aromatic rings. The van der Waals surface area contributed by atoms with Crippen LogP contribution >= 0.6 is 15.9 Å². The number of aliphatic hydroxyl groups excluding tert-OH is 1. The summed E-state index contributed by atoms with van der Waals surface area (Å²) in [6, 6.07) is 6.59. The summed E-state index contributed by atoms with van der Waals surface area (Å²) in [7, 11) is 0. The SMILES string of the molecule is CCC1CCCC(C#N)(C(O)c2ccc(F)cc2Br)C1. The lowest BCUT2D eigenvalue weighted by Gasteiger charge is -2.39. The number of rotatable bonds is 3. The third-order valence-electron chi connectivity index (χ3n) is 4.47. The van der Waals surface area contributed by atoms with E-state index >= 15 is 0 Å². The first-order valence-electron chi connectivity index (χ1n) is 7.06. The van der Waals surface area contributed by atoms with Crippen molar-refractivity contribution >= 4 is 15.9 Å². The molecular formula is C16H19BrFNO. The fourth-order valence-corrected chi connectivity index (χ4v) is 3.77. The van der Waals surface area contributed by atoms with Gasteiger partial charge in [-0.2, -0.15) is 5.26 Å². The van der Waals surface area contributed by atoms with E-state index in [0.717, 1.165) is 19.3 Å². The molecule has 1 saturated carbocycles. The van der Waals surface area contributed by atoms with Crippen molar-refractivity contribution in [1.29, 1.82) is 5.26 Å². The van der Waals surface area contributed by atoms with Gasteiger partial charge in [-0.3, -0.25) is 0 Å². The van der Waals surface area contributed by atoms with Gasteiger partial charge in [0.1, 0.15) is 5.82 Å². The highest BCUT2D eigenvalue weighted by Gasteiger charge is 2.43. The molecule has 0 bridgehead atoms. The zero-order valence-electron chi connectivity index (χ0n) is 11.6. The summed E-state index contributed by atoms with van der Waals surface area (Å²) >= 11 is 3.29. The summed E-state index contributed by atoms with van der Waals surface area (Å²) in [6.07, 6.45) is 3.65. The van der Waals surface area contributed by atoms with Gasteiger partial charge in [0.25, 0.3) is 0 Å². The number of halogens is 2. The zero-order chi connectivity index (χ0) is 14.8. The van der Waals surface area contributed by atoms with Gasteiger partial charge in [-0.25, -0.2) is 4.39 Å². The molecule has 2 nitrogen and oxygen atoms in total. The second-order valence-electron chi connectivity index (χ2n) is 5.71. The Kier molecular flexibility index (Phi) is 4.82. The lowest BCUT2D eigenvalue weighted by molar-refractivity contribution is 0.0180. The fraction of sp³-hybridized carbons (Fsp3) is 0.562. The van der Waals surface area contributed by atoms with E-state index in [4.69, 9.17) is 0 Å². The van der Waals surface area contributed by atoms with Gasteiger partial charge in [0.15, 0.2) is 0 Å². The minimum atomic E-state index is -0.878. The van der Waals surface area contributed by atoms with Gasteiger partial charge >= 0.3 is 0 Å². The molecule has 0 aromatic heterocycles. The summed E-state index contributed by atoms with van der Waals surface area (Å²) < 4.78 is 13.7. The summed E-state index contributed by atoms with van der Waals surface area (Å²) in [4.78, 5) is 0. The maximum absolute atomic E-state index is 13.2. The van der Waals surface area contributed by atoms with Crippen molar-refractivity contribution in [1.82, 2.24) is 0 Å². The molecule has 4 heteroatoms. The van der Waals surface area contributed by atoms with Crippen molar-refractivity contribution in [3.63, 3.8) is 0 Å². The van der Waals surface area contributed by atoms with Crippen LogP contribution in [0.2, 0.25) is 0 Å². The van der Waals surface area contributed by atoms with Gasteiger partial charge < -0.3 is 5.11 Å². The highest BCUT2D eigenvalue weighted by molar-refractivity contribution is 9.10. The number of nitriles is 1. The quantitative estimate of drug-likeness (QED) is 0.864. The van der Waals surface area contributed by atoms with Gasteiger partial charge in [0.05, 0.1) is 17.6 Å². The van der Waals surface area contributed by atoms with Crippen LogP contribution in [0.3, 0.4) is 0 Å². The normalized spacial score (nSPS) is 27.9. The monoisotopic (exact) mass is 339 g/mol. The average Bonchev–Trinajstić information content (AvgIpc) is 2.46. The minimum absolute atomic E-state index is 0.353. The molecule has 0 radical (unpaired) electrons. The minimum Gasteiger partial charge on any atom is -0.387 e. The van der Waals surface area contributed by atoms with Crippen molar-refractivity contribution < 1.29 is 9.50 Å². The Labute approximate surface area is 127 Å². The van der Waals surface area contributed by atoms with Crippen molar-refractivity contribution in [3.05, 3.63) is 34.1 Å². The highest BCUT2D eigenvalue weighted by Crippen LogP contribution is 2.49. The van der Waals surface area contributed by atoms with Crippen LogP contribution in [0.1, 0.15) is 50.7 Å². The Morgan fingerprint density at radius 3 is 2.95 bits per heavy atom. The Balaban J connectivity index is 2.33. The van der Waals surface area contributed by atoms with Crippen molar-refractivity contribution in [3.8, 4) is 6.07 Å². The average molecular weight is 340 g/mol. The Morgan fingerprint density at radius 2 is 2.35 bits per heavy atom. The maximum atomic E-state index is 13.2. The van der Waals surface area contributed by atoms with Gasteiger partial charge in [0.2, 0.25) is 0 Å². The van der Waals surface area contributed by atoms with E-state index in [2.05, 4.69) is 28.9 Å². The number of hydrogen-bond acceptors (Lipinski definition) is 2. The van der Waals surface area contributed by atoms with E-state index in [0.29, 0.717) is 28.8 Å². The Bertz CT molecular complexity index is 528. The molecule has 1 N–H and O–H groups in total. The second-order valence-corrected chi connectivity index (χ2v) is 6.56. The molecule has 20 heavy (non-hydrogen) atoms. The predicted octanol–water partition coefficient (Wildman–Crippen LogP) is 4.73. The number of benzene rings is 1. The molecule has 1 aromatic carbocycles. The van der Waals surface area contributed by atoms with E-state index in [9.17, 15) is 14.8 Å². The van der Waals surface area contributed by atoms with Gasteiger partial charge in [-0.15, -0.1) is 0 Å². The Morgan fingerprint density at radius 1 is 1.60 bits per heavy atom. The van der Waals surface area contributed by atoms with Crippen molar-refractivity contribution in [2.45, 2.75) is 45.1 Å². The molecule has 3 unspecified atom stereocenters. The van der Waals surface area contributed by atoms with E-state index in [1.165, 1.54) is 12.1 Å². The molecule has 1 fully saturated rings. The summed E-state index contributed by atoms with van der Waals surface area (Å²) in [6.45, 7) is 2.12. The van der Waals surface area contributed by atoms with E-state index in [1.807, 2.05) is 0 Å². The van der Waals surface area contributed by atoms with Crippen LogP contribution < -0.4 is 0 Å². The van der Waals surface area contributed by atoms with Crippen LogP contribution in [0.25, 0.3) is 0 Å². The van der Waals surface area contributed by atoms with E-state index < -0.39 is 11.5 Å². The molecule has 0 aliphatic heterocycles. The molecule has 0 spiro atoms. The number of aliphatic hydroxyl groups is 1. The molecule has 3 atom stereocenters. The highest BCUT2D eigenvalue weighted by atomic mass is 79.9. The smallest absolute Gasteiger partial charge is 0.124 e. The molecule has 108 valence electrons. The standard InChI is InChI=1S/C16H19BrFNO/c1-2-11-4-3-7-16(9-11,10-19)15(20)13-6-5-12(18)8-14(13)17/h5-6,8,11,15,20H,2-4,7,9H2,1H3. The van der Waals surface area contributed by atoms with E-state index in [-0.39, 0.29) is 5.82 Å². The van der Waals surface area contributed by atoms with Crippen LogP contribution in [0.15, 0.2) is 22.7 Å². The summed E-state index contributed by atoms with van der Waals surface area (Å²) in [5, 5.41) is 20.3. The first kappa shape index (κ1) is 15.5. The van der Waals surface area contributed by atoms with Crippen LogP contribution in [0.4, 0.5) is 4.39 Å². The third-order valence-corrected chi connectivity index (χ3v) is 5.16. The Hall–Kier alpha value is -0.920. The lowest BCUT2D eigenvalue weighted by Crippen LogP contribution is -2.33. The van der Waals surface area contributed by atoms with Crippen molar-refractivity contribution in [2.75, 3.05) is 0 Å². The number of nitrogens with zero attached hydrogens (tertiary/aromatic N) is 1. The van der Waals surface area contributed by atoms with Gasteiger partial charge in [0, 0.05) is 4.47 Å². The maximum Gasteiger partial charge on any atom is 0.124 e. The molecule has 1 aliphatic carbocycles. The summed E-state index contributed by atoms with van der Waals surface area (Å²) in [5.74, 6) is 0.131. The topological polar surface area (TPSA) is 44.0 Å². The second kappa shape index (κ2) is 6.24. The van der Waals surface area contributed by atoms with Gasteiger partial charge in [-0.1, -0.05) is 48.2 Å². The largest absolute Gasteiger partial charge is 0.387 e. The first-order valence-corrected chi connectivity index (χ1v) is 7.86. The molecule has 0 amide bonds.